The summed E-state index contributed by atoms with van der Waals surface area (Å²) in [5.41, 5.74) is 0.920. The molecule has 24 heavy (non-hydrogen) atoms. The van der Waals surface area contributed by atoms with E-state index in [0.717, 1.165) is 5.56 Å². The molecule has 1 amide bonds. The molecule has 0 aliphatic rings. The molecule has 1 aromatic carbocycles. The largest absolute Gasteiger partial charge is 0.461 e. The number of hydrogen-bond acceptors (Lipinski definition) is 3. The lowest BCUT2D eigenvalue weighted by Crippen LogP contribution is -2.38. The second-order valence-electron chi connectivity index (χ2n) is 5.57. The molecule has 0 fully saturated rings. The second kappa shape index (κ2) is 9.80. The summed E-state index contributed by atoms with van der Waals surface area (Å²) in [6, 6.07) is 9.38. The molecule has 0 saturated heterocycles. The Hall–Kier alpha value is -2.24. The lowest BCUT2D eigenvalue weighted by Gasteiger charge is -2.13. The Morgan fingerprint density at radius 2 is 1.96 bits per heavy atom. The van der Waals surface area contributed by atoms with Crippen molar-refractivity contribution in [1.82, 2.24) is 5.32 Å². The van der Waals surface area contributed by atoms with E-state index in [2.05, 4.69) is 11.9 Å². The maximum atomic E-state index is 12.9. The van der Waals surface area contributed by atoms with Crippen molar-refractivity contribution in [2.45, 2.75) is 38.7 Å². The summed E-state index contributed by atoms with van der Waals surface area (Å²) in [4.78, 5) is 23.0. The van der Waals surface area contributed by atoms with Crippen LogP contribution in [0.2, 0.25) is 0 Å². The van der Waals surface area contributed by atoms with Gasteiger partial charge >= 0.3 is 11.9 Å². The van der Waals surface area contributed by atoms with Gasteiger partial charge in [-0.2, -0.15) is 8.78 Å². The number of ether oxygens (including phenoxy) is 1. The Morgan fingerprint density at radius 1 is 1.29 bits per heavy atom. The molecule has 6 heteroatoms. The minimum Gasteiger partial charge on any atom is -0.461 e. The fraction of sp³-hybridized carbons (Fsp3) is 0.444. The number of nitrogens with one attached hydrogen (secondary N) is 1. The van der Waals surface area contributed by atoms with Gasteiger partial charge in [-0.05, 0) is 24.5 Å². The number of unbranched alkanes of at least 4 members (excludes halogenated alkanes) is 1. The number of hydrogen-bond donors (Lipinski definition) is 1. The molecule has 0 aromatic heterocycles. The van der Waals surface area contributed by atoms with Gasteiger partial charge in [0.1, 0.15) is 6.61 Å². The fourth-order valence-corrected chi connectivity index (χ4v) is 1.98. The highest BCUT2D eigenvalue weighted by atomic mass is 19.3. The molecule has 1 atom stereocenters. The van der Waals surface area contributed by atoms with E-state index in [1.54, 1.807) is 6.92 Å². The van der Waals surface area contributed by atoms with Gasteiger partial charge in [0.05, 0.1) is 5.92 Å². The van der Waals surface area contributed by atoms with Gasteiger partial charge in [0, 0.05) is 6.54 Å². The Morgan fingerprint density at radius 3 is 2.58 bits per heavy atom. The van der Waals surface area contributed by atoms with Crippen LogP contribution < -0.4 is 5.32 Å². The van der Waals surface area contributed by atoms with E-state index in [1.165, 1.54) is 0 Å². The molecule has 0 aliphatic heterocycles. The zero-order valence-electron chi connectivity index (χ0n) is 13.8. The topological polar surface area (TPSA) is 55.4 Å². The van der Waals surface area contributed by atoms with Gasteiger partial charge < -0.3 is 10.1 Å². The van der Waals surface area contributed by atoms with Crippen LogP contribution in [-0.2, 0) is 20.9 Å². The first-order valence-electron chi connectivity index (χ1n) is 7.87. The summed E-state index contributed by atoms with van der Waals surface area (Å²) in [5.74, 6) is -5.47. The summed E-state index contributed by atoms with van der Waals surface area (Å²) in [6.45, 7) is 5.05. The van der Waals surface area contributed by atoms with Crippen molar-refractivity contribution in [3.8, 4) is 0 Å². The van der Waals surface area contributed by atoms with Crippen LogP contribution >= 0.6 is 0 Å². The standard InChI is InChI=1S/C18H23F2NO3/c1-3-18(19,20)17(23)21-12-8-7-9-14(2)16(22)24-13-15-10-5-4-6-11-15/h3-6,10-11,14H,1,7-9,12-13H2,2H3,(H,21,23). The van der Waals surface area contributed by atoms with Gasteiger partial charge in [-0.25, -0.2) is 0 Å². The predicted octanol–water partition coefficient (Wildman–Crippen LogP) is 3.47. The summed E-state index contributed by atoms with van der Waals surface area (Å²) in [6.07, 6.45) is 2.02. The van der Waals surface area contributed by atoms with Crippen LogP contribution in [0.5, 0.6) is 0 Å². The minimum absolute atomic E-state index is 0.133. The Labute approximate surface area is 140 Å². The van der Waals surface area contributed by atoms with Gasteiger partial charge in [0.15, 0.2) is 0 Å². The zero-order chi connectivity index (χ0) is 18.0. The van der Waals surface area contributed by atoms with Crippen molar-refractivity contribution in [2.75, 3.05) is 6.54 Å². The van der Waals surface area contributed by atoms with E-state index in [-0.39, 0.29) is 25.0 Å². The van der Waals surface area contributed by atoms with E-state index in [0.29, 0.717) is 25.3 Å². The highest BCUT2D eigenvalue weighted by Gasteiger charge is 2.34. The number of benzene rings is 1. The molecule has 1 N–H and O–H groups in total. The second-order valence-corrected chi connectivity index (χ2v) is 5.57. The average molecular weight is 339 g/mol. The Kier molecular flexibility index (Phi) is 8.09. The molecule has 0 bridgehead atoms. The lowest BCUT2D eigenvalue weighted by molar-refractivity contribution is -0.149. The van der Waals surface area contributed by atoms with Crippen molar-refractivity contribution in [1.29, 1.82) is 0 Å². The van der Waals surface area contributed by atoms with E-state index in [1.807, 2.05) is 30.3 Å². The van der Waals surface area contributed by atoms with Crippen LogP contribution in [0.4, 0.5) is 8.78 Å². The third-order valence-corrected chi connectivity index (χ3v) is 3.53. The first-order chi connectivity index (χ1) is 11.4. The maximum absolute atomic E-state index is 12.9. The molecular formula is C18H23F2NO3. The van der Waals surface area contributed by atoms with Crippen LogP contribution in [0.25, 0.3) is 0 Å². The van der Waals surface area contributed by atoms with Crippen LogP contribution in [0.1, 0.15) is 31.7 Å². The summed E-state index contributed by atoms with van der Waals surface area (Å²) >= 11 is 0. The number of carbonyl (C=O) groups excluding carboxylic acids is 2. The quantitative estimate of drug-likeness (QED) is 0.403. The van der Waals surface area contributed by atoms with E-state index >= 15 is 0 Å². The van der Waals surface area contributed by atoms with Gasteiger partial charge in [0.25, 0.3) is 5.91 Å². The number of esters is 1. The molecule has 1 unspecified atom stereocenters. The molecule has 1 rings (SSSR count). The van der Waals surface area contributed by atoms with Crippen LogP contribution in [-0.4, -0.2) is 24.3 Å². The van der Waals surface area contributed by atoms with E-state index in [4.69, 9.17) is 4.74 Å². The number of carbonyl (C=O) groups is 2. The minimum atomic E-state index is -3.55. The monoisotopic (exact) mass is 339 g/mol. The predicted molar refractivity (Wildman–Crippen MR) is 87.4 cm³/mol. The van der Waals surface area contributed by atoms with E-state index < -0.39 is 11.8 Å². The lowest BCUT2D eigenvalue weighted by atomic mass is 10.0. The molecule has 0 saturated carbocycles. The highest BCUT2D eigenvalue weighted by Crippen LogP contribution is 2.14. The molecule has 0 spiro atoms. The summed E-state index contributed by atoms with van der Waals surface area (Å²) in [7, 11) is 0. The SMILES string of the molecule is C=CC(F)(F)C(=O)NCCCCC(C)C(=O)OCc1ccccc1. The van der Waals surface area contributed by atoms with Crippen molar-refractivity contribution in [3.05, 3.63) is 48.6 Å². The molecule has 1 aromatic rings. The number of halogens is 2. The smallest absolute Gasteiger partial charge is 0.342 e. The van der Waals surface area contributed by atoms with Crippen molar-refractivity contribution < 1.29 is 23.1 Å². The summed E-state index contributed by atoms with van der Waals surface area (Å²) < 4.78 is 31.1. The van der Waals surface area contributed by atoms with Gasteiger partial charge in [-0.1, -0.05) is 50.3 Å². The number of rotatable bonds is 10. The van der Waals surface area contributed by atoms with E-state index in [9.17, 15) is 18.4 Å². The van der Waals surface area contributed by atoms with Crippen molar-refractivity contribution in [2.24, 2.45) is 5.92 Å². The van der Waals surface area contributed by atoms with Gasteiger partial charge in [-0.15, -0.1) is 0 Å². The Bertz CT molecular complexity index is 546. The van der Waals surface area contributed by atoms with Crippen LogP contribution in [0.15, 0.2) is 43.0 Å². The van der Waals surface area contributed by atoms with Crippen molar-refractivity contribution in [3.63, 3.8) is 0 Å². The van der Waals surface area contributed by atoms with Crippen LogP contribution in [0.3, 0.4) is 0 Å². The van der Waals surface area contributed by atoms with Gasteiger partial charge in [-0.3, -0.25) is 9.59 Å². The first kappa shape index (κ1) is 19.8. The van der Waals surface area contributed by atoms with Gasteiger partial charge in [0.2, 0.25) is 0 Å². The fourth-order valence-electron chi connectivity index (χ4n) is 1.98. The Balaban J connectivity index is 2.17. The zero-order valence-corrected chi connectivity index (χ0v) is 13.8. The van der Waals surface area contributed by atoms with Crippen LogP contribution in [0, 0.1) is 5.92 Å². The van der Waals surface area contributed by atoms with Crippen molar-refractivity contribution >= 4 is 11.9 Å². The number of alkyl halides is 2. The average Bonchev–Trinajstić information content (AvgIpc) is 2.59. The highest BCUT2D eigenvalue weighted by molar-refractivity contribution is 5.85. The molecule has 0 radical (unpaired) electrons. The molecule has 0 aliphatic carbocycles. The molecule has 132 valence electrons. The third kappa shape index (κ3) is 6.89. The normalized spacial score (nSPS) is 12.3. The first-order valence-corrected chi connectivity index (χ1v) is 7.87. The molecular weight excluding hydrogens is 316 g/mol. The molecule has 0 heterocycles. The maximum Gasteiger partial charge on any atom is 0.342 e. The molecule has 4 nitrogen and oxygen atoms in total. The number of amides is 1. The summed E-state index contributed by atoms with van der Waals surface area (Å²) in [5, 5.41) is 2.15. The third-order valence-electron chi connectivity index (χ3n) is 3.53.